The summed E-state index contributed by atoms with van der Waals surface area (Å²) in [7, 11) is 0. The van der Waals surface area contributed by atoms with Crippen molar-refractivity contribution in [2.24, 2.45) is 11.8 Å². The summed E-state index contributed by atoms with van der Waals surface area (Å²) in [6.07, 6.45) is 6.70. The number of carbonyl (C=O) groups is 1. The van der Waals surface area contributed by atoms with Gasteiger partial charge in [0.25, 0.3) is 5.91 Å². The Kier molecular flexibility index (Phi) is 8.57. The zero-order valence-corrected chi connectivity index (χ0v) is 26.1. The fourth-order valence-corrected chi connectivity index (χ4v) is 6.38. The van der Waals surface area contributed by atoms with Crippen molar-refractivity contribution in [3.05, 3.63) is 58.4 Å². The molecule has 4 heterocycles. The van der Waals surface area contributed by atoms with Gasteiger partial charge in [0.1, 0.15) is 11.1 Å². The molecule has 0 saturated carbocycles. The second-order valence-electron chi connectivity index (χ2n) is 13.1. The molecule has 6 rings (SSSR count). The third-order valence-corrected chi connectivity index (χ3v) is 8.92. The topological polar surface area (TPSA) is 76.0 Å². The number of likely N-dealkylation sites (tertiary alicyclic amines) is 1. The van der Waals surface area contributed by atoms with E-state index in [4.69, 9.17) is 9.40 Å². The molecular formula is C35H45N5O3. The van der Waals surface area contributed by atoms with E-state index in [-0.39, 0.29) is 17.0 Å². The van der Waals surface area contributed by atoms with Gasteiger partial charge in [-0.25, -0.2) is 9.38 Å². The van der Waals surface area contributed by atoms with E-state index in [2.05, 4.69) is 37.2 Å². The lowest BCUT2D eigenvalue weighted by Gasteiger charge is -2.26. The van der Waals surface area contributed by atoms with Crippen molar-refractivity contribution in [1.29, 1.82) is 0 Å². The molecule has 0 unspecified atom stereocenters. The van der Waals surface area contributed by atoms with Crippen LogP contribution in [0.2, 0.25) is 0 Å². The van der Waals surface area contributed by atoms with Crippen LogP contribution < -0.4 is 5.56 Å². The molecule has 1 fully saturated rings. The Morgan fingerprint density at radius 1 is 0.930 bits per heavy atom. The summed E-state index contributed by atoms with van der Waals surface area (Å²) in [5.74, 6) is 1.69. The van der Waals surface area contributed by atoms with Gasteiger partial charge >= 0.3 is 5.56 Å². The monoisotopic (exact) mass is 583 g/mol. The number of piperidine rings is 1. The van der Waals surface area contributed by atoms with Gasteiger partial charge in [0.2, 0.25) is 11.4 Å². The molecule has 0 spiro atoms. The quantitative estimate of drug-likeness (QED) is 0.168. The molecule has 1 aliphatic heterocycles. The van der Waals surface area contributed by atoms with E-state index in [9.17, 15) is 9.59 Å². The van der Waals surface area contributed by atoms with Crippen molar-refractivity contribution in [3.63, 3.8) is 0 Å². The molecule has 0 bridgehead atoms. The zero-order valence-electron chi connectivity index (χ0n) is 26.1. The third kappa shape index (κ3) is 5.94. The number of rotatable bonds is 11. The minimum Gasteiger partial charge on any atom is -0.448 e. The van der Waals surface area contributed by atoms with Gasteiger partial charge < -0.3 is 18.8 Å². The number of hydrogen-bond donors (Lipinski definition) is 0. The molecule has 2 aromatic carbocycles. The number of imidazole rings is 1. The number of nitrogens with zero attached hydrogens (tertiary/aromatic N) is 5. The molecular weight excluding hydrogens is 538 g/mol. The van der Waals surface area contributed by atoms with Gasteiger partial charge in [-0.05, 0) is 93.9 Å². The molecule has 8 nitrogen and oxygen atoms in total. The first-order valence-corrected chi connectivity index (χ1v) is 16.2. The highest BCUT2D eigenvalue weighted by Gasteiger charge is 2.23. The number of para-hydroxylation sites is 1. The first kappa shape index (κ1) is 29.4. The minimum atomic E-state index is -0.217. The van der Waals surface area contributed by atoms with Crippen LogP contribution in [-0.4, -0.2) is 62.4 Å². The van der Waals surface area contributed by atoms with Crippen molar-refractivity contribution in [1.82, 2.24) is 23.8 Å². The lowest BCUT2D eigenvalue weighted by Crippen LogP contribution is -2.34. The molecule has 5 aromatic rings. The highest BCUT2D eigenvalue weighted by atomic mass is 16.3. The highest BCUT2D eigenvalue weighted by Crippen LogP contribution is 2.28. The number of aryl methyl sites for hydroxylation is 1. The SMILES string of the molecule is CC(C)CCN(CCC(C)C)C(=O)c1ccc2c(c1)n(CCCN1CCCCC1)c1nc3c(oc4ccccc43)c(=O)n21. The van der Waals surface area contributed by atoms with E-state index in [1.807, 2.05) is 47.4 Å². The molecule has 0 atom stereocenters. The summed E-state index contributed by atoms with van der Waals surface area (Å²) in [5, 5.41) is 0.837. The lowest BCUT2D eigenvalue weighted by atomic mass is 10.1. The van der Waals surface area contributed by atoms with Crippen molar-refractivity contribution < 1.29 is 9.21 Å². The molecule has 3 aromatic heterocycles. The summed E-state index contributed by atoms with van der Waals surface area (Å²) >= 11 is 0. The maximum absolute atomic E-state index is 14.0. The van der Waals surface area contributed by atoms with Crippen LogP contribution in [0.4, 0.5) is 0 Å². The van der Waals surface area contributed by atoms with Crippen molar-refractivity contribution in [3.8, 4) is 0 Å². The van der Waals surface area contributed by atoms with E-state index in [1.54, 1.807) is 4.40 Å². The Hall–Kier alpha value is -3.65. The molecule has 0 aliphatic carbocycles. The Balaban J connectivity index is 1.45. The van der Waals surface area contributed by atoms with Crippen LogP contribution in [0.1, 0.15) is 76.6 Å². The van der Waals surface area contributed by atoms with Crippen molar-refractivity contribution in [2.75, 3.05) is 32.7 Å². The molecule has 43 heavy (non-hydrogen) atoms. The molecule has 1 amide bonds. The summed E-state index contributed by atoms with van der Waals surface area (Å²) in [6, 6.07) is 13.4. The number of carbonyl (C=O) groups excluding carboxylic acids is 1. The minimum absolute atomic E-state index is 0.0494. The summed E-state index contributed by atoms with van der Waals surface area (Å²) in [5.41, 5.74) is 3.56. The lowest BCUT2D eigenvalue weighted by molar-refractivity contribution is 0.0741. The fraction of sp³-hybridized carbons (Fsp3) is 0.514. The number of amides is 1. The first-order valence-electron chi connectivity index (χ1n) is 16.2. The van der Waals surface area contributed by atoms with Crippen LogP contribution in [0.5, 0.6) is 0 Å². The highest BCUT2D eigenvalue weighted by molar-refractivity contribution is 6.03. The van der Waals surface area contributed by atoms with E-state index in [0.717, 1.165) is 68.4 Å². The molecule has 1 saturated heterocycles. The number of aromatic nitrogens is 3. The number of furan rings is 1. The molecule has 8 heteroatoms. The summed E-state index contributed by atoms with van der Waals surface area (Å²) in [6.45, 7) is 14.3. The summed E-state index contributed by atoms with van der Waals surface area (Å²) < 4.78 is 9.84. The standard InChI is InChI=1S/C35H45N5O3/c1-24(2)15-21-38(22-16-25(3)4)33(41)26-13-14-28-29(23-26)39(20-10-19-37-17-8-5-9-18-37)35-36-31-27-11-6-7-12-30(27)43-32(31)34(42)40(28)35/h6-7,11-14,23-25H,5,8-10,15-22H2,1-4H3. The van der Waals surface area contributed by atoms with Crippen molar-refractivity contribution in [2.45, 2.75) is 72.8 Å². The Morgan fingerprint density at radius 2 is 1.65 bits per heavy atom. The maximum atomic E-state index is 14.0. The molecule has 0 radical (unpaired) electrons. The summed E-state index contributed by atoms with van der Waals surface area (Å²) in [4.78, 5) is 37.5. The van der Waals surface area contributed by atoms with Gasteiger partial charge in [-0.1, -0.05) is 46.2 Å². The van der Waals surface area contributed by atoms with Crippen molar-refractivity contribution >= 4 is 44.8 Å². The van der Waals surface area contributed by atoms with Crippen LogP contribution >= 0.6 is 0 Å². The first-order chi connectivity index (χ1) is 20.8. The van der Waals surface area contributed by atoms with Gasteiger partial charge in [-0.15, -0.1) is 0 Å². The Morgan fingerprint density at radius 3 is 2.37 bits per heavy atom. The predicted octanol–water partition coefficient (Wildman–Crippen LogP) is 6.96. The van der Waals surface area contributed by atoms with Gasteiger partial charge in [0, 0.05) is 30.6 Å². The van der Waals surface area contributed by atoms with Gasteiger partial charge in [0.15, 0.2) is 0 Å². The number of hydrogen-bond acceptors (Lipinski definition) is 5. The maximum Gasteiger partial charge on any atom is 0.303 e. The van der Waals surface area contributed by atoms with E-state index in [1.165, 1.54) is 19.3 Å². The second kappa shape index (κ2) is 12.5. The Bertz CT molecular complexity index is 1790. The normalized spacial score (nSPS) is 14.7. The average molecular weight is 584 g/mol. The van der Waals surface area contributed by atoms with E-state index < -0.39 is 0 Å². The van der Waals surface area contributed by atoms with Crippen LogP contribution in [-0.2, 0) is 6.54 Å². The predicted molar refractivity (Wildman–Crippen MR) is 174 cm³/mol. The van der Waals surface area contributed by atoms with Crippen LogP contribution in [0.3, 0.4) is 0 Å². The van der Waals surface area contributed by atoms with Gasteiger partial charge in [0.05, 0.1) is 11.0 Å². The largest absolute Gasteiger partial charge is 0.448 e. The average Bonchev–Trinajstić information content (AvgIpc) is 3.53. The number of fused-ring (bicyclic) bond motifs is 6. The molecule has 0 N–H and O–H groups in total. The van der Waals surface area contributed by atoms with E-state index >= 15 is 0 Å². The van der Waals surface area contributed by atoms with Crippen LogP contribution in [0.25, 0.3) is 38.9 Å². The molecule has 1 aliphatic rings. The Labute approximate surface area is 253 Å². The van der Waals surface area contributed by atoms with Crippen LogP contribution in [0, 0.1) is 11.8 Å². The second-order valence-corrected chi connectivity index (χ2v) is 13.1. The smallest absolute Gasteiger partial charge is 0.303 e. The zero-order chi connectivity index (χ0) is 30.1. The van der Waals surface area contributed by atoms with E-state index in [0.29, 0.717) is 40.8 Å². The van der Waals surface area contributed by atoms with Gasteiger partial charge in [-0.2, -0.15) is 0 Å². The van der Waals surface area contributed by atoms with Crippen LogP contribution in [0.15, 0.2) is 51.7 Å². The molecule has 228 valence electrons. The number of benzene rings is 2. The van der Waals surface area contributed by atoms with Gasteiger partial charge in [-0.3, -0.25) is 9.59 Å². The third-order valence-electron chi connectivity index (χ3n) is 8.92. The fourth-order valence-electron chi connectivity index (χ4n) is 6.38.